The first kappa shape index (κ1) is 12.7. The monoisotopic (exact) mass is 258 g/mol. The molecule has 0 bridgehead atoms. The summed E-state index contributed by atoms with van der Waals surface area (Å²) in [6.07, 6.45) is 2.29. The SMILES string of the molecule is CC(=O)N1c2ccc(C)cc2[C@H]2CN(C)CCCC21. The van der Waals surface area contributed by atoms with E-state index in [1.807, 2.05) is 4.90 Å². The summed E-state index contributed by atoms with van der Waals surface area (Å²) in [6.45, 7) is 6.03. The van der Waals surface area contributed by atoms with Gasteiger partial charge in [0, 0.05) is 31.1 Å². The molecule has 1 aromatic carbocycles. The van der Waals surface area contributed by atoms with Crippen LogP contribution in [0, 0.1) is 6.92 Å². The van der Waals surface area contributed by atoms with E-state index in [1.54, 1.807) is 6.92 Å². The minimum atomic E-state index is 0.183. The normalized spacial score (nSPS) is 26.8. The highest BCUT2D eigenvalue weighted by atomic mass is 16.2. The molecule has 0 spiro atoms. The number of carbonyl (C=O) groups excluding carboxylic acids is 1. The van der Waals surface area contributed by atoms with Crippen LogP contribution in [-0.2, 0) is 4.79 Å². The summed E-state index contributed by atoms with van der Waals surface area (Å²) in [7, 11) is 2.19. The Bertz CT molecular complexity index is 511. The van der Waals surface area contributed by atoms with E-state index in [1.165, 1.54) is 17.5 Å². The Morgan fingerprint density at radius 1 is 1.37 bits per heavy atom. The van der Waals surface area contributed by atoms with Crippen LogP contribution in [0.1, 0.15) is 36.8 Å². The second kappa shape index (κ2) is 4.64. The van der Waals surface area contributed by atoms with Gasteiger partial charge in [0.15, 0.2) is 0 Å². The van der Waals surface area contributed by atoms with Gasteiger partial charge in [-0.05, 0) is 45.0 Å². The first-order chi connectivity index (χ1) is 9.08. The minimum Gasteiger partial charge on any atom is -0.309 e. The van der Waals surface area contributed by atoms with Crippen LogP contribution in [0.4, 0.5) is 5.69 Å². The number of rotatable bonds is 0. The van der Waals surface area contributed by atoms with Gasteiger partial charge in [-0.15, -0.1) is 0 Å². The molecule has 1 aromatic rings. The van der Waals surface area contributed by atoms with E-state index in [-0.39, 0.29) is 5.91 Å². The van der Waals surface area contributed by atoms with Crippen LogP contribution in [0.15, 0.2) is 18.2 Å². The summed E-state index contributed by atoms with van der Waals surface area (Å²) < 4.78 is 0. The number of hydrogen-bond acceptors (Lipinski definition) is 2. The first-order valence-electron chi connectivity index (χ1n) is 7.17. The number of fused-ring (bicyclic) bond motifs is 3. The number of anilines is 1. The fraction of sp³-hybridized carbons (Fsp3) is 0.562. The van der Waals surface area contributed by atoms with Gasteiger partial charge < -0.3 is 9.80 Å². The molecule has 19 heavy (non-hydrogen) atoms. The number of benzene rings is 1. The van der Waals surface area contributed by atoms with Crippen molar-refractivity contribution in [2.45, 2.75) is 38.6 Å². The topological polar surface area (TPSA) is 23.6 Å². The maximum absolute atomic E-state index is 12.1. The van der Waals surface area contributed by atoms with Crippen molar-refractivity contribution in [3.05, 3.63) is 29.3 Å². The van der Waals surface area contributed by atoms with Gasteiger partial charge in [0.05, 0.1) is 0 Å². The van der Waals surface area contributed by atoms with Crippen molar-refractivity contribution in [1.82, 2.24) is 4.90 Å². The van der Waals surface area contributed by atoms with Crippen LogP contribution in [0.2, 0.25) is 0 Å². The number of likely N-dealkylation sites (tertiary alicyclic amines) is 1. The summed E-state index contributed by atoms with van der Waals surface area (Å²) in [4.78, 5) is 16.5. The third-order valence-corrected chi connectivity index (χ3v) is 4.53. The van der Waals surface area contributed by atoms with Crippen LogP contribution in [0.5, 0.6) is 0 Å². The van der Waals surface area contributed by atoms with Crippen LogP contribution >= 0.6 is 0 Å². The van der Waals surface area contributed by atoms with Crippen molar-refractivity contribution in [3.63, 3.8) is 0 Å². The van der Waals surface area contributed by atoms with Crippen molar-refractivity contribution < 1.29 is 4.79 Å². The molecule has 0 radical (unpaired) electrons. The van der Waals surface area contributed by atoms with Gasteiger partial charge in [-0.1, -0.05) is 17.7 Å². The van der Waals surface area contributed by atoms with Gasteiger partial charge in [-0.2, -0.15) is 0 Å². The second-order valence-electron chi connectivity index (χ2n) is 6.03. The summed E-state index contributed by atoms with van der Waals surface area (Å²) >= 11 is 0. The van der Waals surface area contributed by atoms with Crippen LogP contribution < -0.4 is 4.90 Å². The number of nitrogens with zero attached hydrogens (tertiary/aromatic N) is 2. The molecule has 2 heterocycles. The lowest BCUT2D eigenvalue weighted by Gasteiger charge is -2.26. The zero-order valence-corrected chi connectivity index (χ0v) is 12.0. The van der Waals surface area contributed by atoms with E-state index in [0.29, 0.717) is 12.0 Å². The van der Waals surface area contributed by atoms with E-state index in [4.69, 9.17) is 0 Å². The fourth-order valence-corrected chi connectivity index (χ4v) is 3.71. The van der Waals surface area contributed by atoms with Gasteiger partial charge in [-0.3, -0.25) is 4.79 Å². The van der Waals surface area contributed by atoms with Crippen molar-refractivity contribution in [2.24, 2.45) is 0 Å². The number of hydrogen-bond donors (Lipinski definition) is 0. The largest absolute Gasteiger partial charge is 0.309 e. The Kier molecular flexibility index (Phi) is 3.09. The third kappa shape index (κ3) is 2.06. The molecular formula is C16H22N2O. The third-order valence-electron chi connectivity index (χ3n) is 4.53. The number of likely N-dealkylation sites (N-methyl/N-ethyl adjacent to an activating group) is 1. The first-order valence-corrected chi connectivity index (χ1v) is 7.17. The maximum atomic E-state index is 12.1. The Morgan fingerprint density at radius 2 is 2.16 bits per heavy atom. The van der Waals surface area contributed by atoms with Gasteiger partial charge in [0.25, 0.3) is 0 Å². The van der Waals surface area contributed by atoms with Crippen molar-refractivity contribution in [2.75, 3.05) is 25.0 Å². The van der Waals surface area contributed by atoms with Crippen LogP contribution in [0.25, 0.3) is 0 Å². The predicted octanol–water partition coefficient (Wildman–Crippen LogP) is 2.54. The molecule has 3 rings (SSSR count). The summed E-state index contributed by atoms with van der Waals surface area (Å²) in [5.74, 6) is 0.661. The molecule has 2 aliphatic rings. The Morgan fingerprint density at radius 3 is 2.89 bits per heavy atom. The zero-order valence-electron chi connectivity index (χ0n) is 12.0. The molecule has 1 amide bonds. The summed E-state index contributed by atoms with van der Waals surface area (Å²) in [5, 5.41) is 0. The average Bonchev–Trinajstić information content (AvgIpc) is 2.51. The molecule has 0 aromatic heterocycles. The fourth-order valence-electron chi connectivity index (χ4n) is 3.71. The molecule has 2 atom stereocenters. The van der Waals surface area contributed by atoms with Crippen molar-refractivity contribution in [3.8, 4) is 0 Å². The van der Waals surface area contributed by atoms with Gasteiger partial charge in [0.1, 0.15) is 0 Å². The standard InChI is InChI=1S/C16H22N2O/c1-11-6-7-16-13(9-11)14-10-17(3)8-4-5-15(14)18(16)12(2)19/h6-7,9,14-15H,4-5,8,10H2,1-3H3/t14-,15?/m1/s1. The smallest absolute Gasteiger partial charge is 0.224 e. The molecule has 3 heteroatoms. The average molecular weight is 258 g/mol. The van der Waals surface area contributed by atoms with Crippen molar-refractivity contribution >= 4 is 11.6 Å². The molecule has 1 saturated heterocycles. The Hall–Kier alpha value is -1.35. The predicted molar refractivity (Wildman–Crippen MR) is 77.6 cm³/mol. The summed E-state index contributed by atoms with van der Waals surface area (Å²) in [6, 6.07) is 6.87. The molecular weight excluding hydrogens is 236 g/mol. The van der Waals surface area contributed by atoms with E-state index in [0.717, 1.165) is 25.2 Å². The second-order valence-corrected chi connectivity index (χ2v) is 6.03. The lowest BCUT2D eigenvalue weighted by molar-refractivity contribution is -0.117. The molecule has 1 fully saturated rings. The quantitative estimate of drug-likeness (QED) is 0.714. The van der Waals surface area contributed by atoms with Crippen LogP contribution in [0.3, 0.4) is 0 Å². The number of amides is 1. The number of aryl methyl sites for hydroxylation is 1. The Labute approximate surface area is 115 Å². The van der Waals surface area contributed by atoms with Gasteiger partial charge in [-0.25, -0.2) is 0 Å². The summed E-state index contributed by atoms with van der Waals surface area (Å²) in [5.41, 5.74) is 3.80. The van der Waals surface area contributed by atoms with Crippen LogP contribution in [-0.4, -0.2) is 37.0 Å². The number of carbonyl (C=O) groups is 1. The highest BCUT2D eigenvalue weighted by molar-refractivity contribution is 5.95. The molecule has 0 N–H and O–H groups in total. The highest BCUT2D eigenvalue weighted by Crippen LogP contribution is 2.44. The minimum absolute atomic E-state index is 0.183. The maximum Gasteiger partial charge on any atom is 0.224 e. The Balaban J connectivity index is 2.08. The van der Waals surface area contributed by atoms with Crippen molar-refractivity contribution in [1.29, 1.82) is 0 Å². The van der Waals surface area contributed by atoms with E-state index < -0.39 is 0 Å². The van der Waals surface area contributed by atoms with Gasteiger partial charge in [0.2, 0.25) is 5.91 Å². The molecule has 102 valence electrons. The van der Waals surface area contributed by atoms with Gasteiger partial charge >= 0.3 is 0 Å². The molecule has 2 aliphatic heterocycles. The molecule has 0 saturated carbocycles. The van der Waals surface area contributed by atoms with E-state index in [2.05, 4.69) is 37.1 Å². The lowest BCUT2D eigenvalue weighted by Crippen LogP contribution is -2.38. The molecule has 3 nitrogen and oxygen atoms in total. The highest BCUT2D eigenvalue weighted by Gasteiger charge is 2.41. The van der Waals surface area contributed by atoms with E-state index >= 15 is 0 Å². The molecule has 1 unspecified atom stereocenters. The lowest BCUT2D eigenvalue weighted by atomic mass is 9.92. The molecule has 0 aliphatic carbocycles. The van der Waals surface area contributed by atoms with E-state index in [9.17, 15) is 4.79 Å². The zero-order chi connectivity index (χ0) is 13.6.